The number of nitrogens with one attached hydrogen (secondary N) is 1. The molecule has 1 unspecified atom stereocenters. The lowest BCUT2D eigenvalue weighted by molar-refractivity contribution is -0.143. The Hall–Kier alpha value is -2.08. The number of rotatable bonds is 2. The van der Waals surface area contributed by atoms with Crippen molar-refractivity contribution in [1.82, 2.24) is 0 Å². The van der Waals surface area contributed by atoms with Gasteiger partial charge in [-0.05, 0) is 25.1 Å². The van der Waals surface area contributed by atoms with Gasteiger partial charge >= 0.3 is 11.9 Å². The van der Waals surface area contributed by atoms with Gasteiger partial charge in [-0.25, -0.2) is 14.0 Å². The minimum absolute atomic E-state index is 0.00338. The zero-order chi connectivity index (χ0) is 15.8. The standard InChI is InChI=1S/C14H13ClFNO4/c1-14(13(19)21-3)6-7(12(18)20-2)10-9(17-14)5-4-8(16)11(10)15/h4-6,17H,1-3H3. The maximum absolute atomic E-state index is 13.6. The van der Waals surface area contributed by atoms with E-state index in [1.807, 2.05) is 0 Å². The Labute approximate surface area is 125 Å². The quantitative estimate of drug-likeness (QED) is 0.849. The fourth-order valence-electron chi connectivity index (χ4n) is 2.19. The fourth-order valence-corrected chi connectivity index (χ4v) is 2.45. The Balaban J connectivity index is 2.69. The number of methoxy groups -OCH3 is 2. The highest BCUT2D eigenvalue weighted by Gasteiger charge is 2.39. The molecule has 0 radical (unpaired) electrons. The van der Waals surface area contributed by atoms with Crippen molar-refractivity contribution in [2.45, 2.75) is 12.5 Å². The predicted molar refractivity (Wildman–Crippen MR) is 75.4 cm³/mol. The van der Waals surface area contributed by atoms with Crippen LogP contribution in [0.15, 0.2) is 18.2 Å². The summed E-state index contributed by atoms with van der Waals surface area (Å²) in [5.41, 5.74) is -0.780. The Bertz CT molecular complexity index is 659. The zero-order valence-corrected chi connectivity index (χ0v) is 12.4. The second-order valence-electron chi connectivity index (χ2n) is 4.65. The second-order valence-corrected chi connectivity index (χ2v) is 5.03. The third-order valence-corrected chi connectivity index (χ3v) is 3.58. The lowest BCUT2D eigenvalue weighted by Crippen LogP contribution is -2.45. The van der Waals surface area contributed by atoms with Crippen molar-refractivity contribution in [1.29, 1.82) is 0 Å². The molecule has 7 heteroatoms. The number of hydrogen-bond acceptors (Lipinski definition) is 5. The summed E-state index contributed by atoms with van der Waals surface area (Å²) < 4.78 is 23.0. The van der Waals surface area contributed by atoms with Crippen LogP contribution in [0, 0.1) is 5.82 Å². The molecule has 0 aliphatic carbocycles. The molecule has 0 spiro atoms. The third-order valence-electron chi connectivity index (χ3n) is 3.21. The molecule has 1 atom stereocenters. The van der Waals surface area contributed by atoms with Crippen molar-refractivity contribution in [2.75, 3.05) is 19.5 Å². The summed E-state index contributed by atoms with van der Waals surface area (Å²) in [6.45, 7) is 1.53. The molecule has 1 aromatic carbocycles. The van der Waals surface area contributed by atoms with Gasteiger partial charge in [0.15, 0.2) is 5.54 Å². The molecule has 0 saturated carbocycles. The molecule has 21 heavy (non-hydrogen) atoms. The minimum Gasteiger partial charge on any atom is -0.467 e. The topological polar surface area (TPSA) is 64.6 Å². The summed E-state index contributed by atoms with van der Waals surface area (Å²) in [5.74, 6) is -2.00. The monoisotopic (exact) mass is 313 g/mol. The number of carbonyl (C=O) groups excluding carboxylic acids is 2. The molecule has 0 saturated heterocycles. The van der Waals surface area contributed by atoms with Crippen LogP contribution in [0.5, 0.6) is 0 Å². The van der Waals surface area contributed by atoms with Crippen molar-refractivity contribution in [2.24, 2.45) is 0 Å². The number of fused-ring (bicyclic) bond motifs is 1. The van der Waals surface area contributed by atoms with E-state index in [1.54, 1.807) is 0 Å². The molecular weight excluding hydrogens is 301 g/mol. The molecule has 0 aromatic heterocycles. The Morgan fingerprint density at radius 2 is 1.95 bits per heavy atom. The van der Waals surface area contributed by atoms with E-state index in [4.69, 9.17) is 16.3 Å². The van der Waals surface area contributed by atoms with E-state index in [9.17, 15) is 14.0 Å². The first-order valence-corrected chi connectivity index (χ1v) is 6.38. The molecular formula is C14H13ClFNO4. The van der Waals surface area contributed by atoms with Gasteiger partial charge < -0.3 is 14.8 Å². The van der Waals surface area contributed by atoms with Crippen LogP contribution in [0.3, 0.4) is 0 Å². The predicted octanol–water partition coefficient (Wildman–Crippen LogP) is 2.39. The molecule has 0 fully saturated rings. The third kappa shape index (κ3) is 2.47. The number of hydrogen-bond donors (Lipinski definition) is 1. The van der Waals surface area contributed by atoms with Crippen LogP contribution in [-0.4, -0.2) is 31.7 Å². The first-order chi connectivity index (χ1) is 9.84. The van der Waals surface area contributed by atoms with Crippen LogP contribution in [0.2, 0.25) is 5.02 Å². The molecule has 112 valence electrons. The second kappa shape index (κ2) is 5.37. The lowest BCUT2D eigenvalue weighted by Gasteiger charge is -2.32. The fraction of sp³-hybridized carbons (Fsp3) is 0.286. The van der Waals surface area contributed by atoms with E-state index >= 15 is 0 Å². The summed E-state index contributed by atoms with van der Waals surface area (Å²) in [7, 11) is 2.42. The van der Waals surface area contributed by atoms with E-state index in [2.05, 4.69) is 10.1 Å². The van der Waals surface area contributed by atoms with E-state index in [1.165, 1.54) is 33.3 Å². The van der Waals surface area contributed by atoms with Crippen LogP contribution in [-0.2, 0) is 19.1 Å². The first kappa shape index (κ1) is 15.3. The van der Waals surface area contributed by atoms with Crippen molar-refractivity contribution in [3.8, 4) is 0 Å². The van der Waals surface area contributed by atoms with Crippen molar-refractivity contribution < 1.29 is 23.5 Å². The number of carbonyl (C=O) groups is 2. The van der Waals surface area contributed by atoms with Crippen molar-refractivity contribution in [3.63, 3.8) is 0 Å². The number of anilines is 1. The maximum atomic E-state index is 13.6. The van der Waals surface area contributed by atoms with E-state index < -0.39 is 23.3 Å². The molecule has 1 aromatic rings. The molecule has 0 bridgehead atoms. The average molecular weight is 314 g/mol. The molecule has 1 N–H and O–H groups in total. The van der Waals surface area contributed by atoms with Gasteiger partial charge in [0.05, 0.1) is 24.8 Å². The molecule has 2 rings (SSSR count). The van der Waals surface area contributed by atoms with Crippen LogP contribution >= 0.6 is 11.6 Å². The van der Waals surface area contributed by atoms with Crippen LogP contribution in [0.25, 0.3) is 5.57 Å². The summed E-state index contributed by atoms with van der Waals surface area (Å²) >= 11 is 5.93. The smallest absolute Gasteiger partial charge is 0.338 e. The molecule has 1 aliphatic heterocycles. The van der Waals surface area contributed by atoms with Gasteiger partial charge in [0.2, 0.25) is 0 Å². The number of halogens is 2. The summed E-state index contributed by atoms with van der Waals surface area (Å²) in [6.07, 6.45) is 1.32. The molecule has 5 nitrogen and oxygen atoms in total. The lowest BCUT2D eigenvalue weighted by atomic mass is 9.89. The molecule has 1 aliphatic rings. The van der Waals surface area contributed by atoms with Gasteiger partial charge in [-0.1, -0.05) is 11.6 Å². The van der Waals surface area contributed by atoms with Crippen LogP contribution in [0.4, 0.5) is 10.1 Å². The Morgan fingerprint density at radius 1 is 1.29 bits per heavy atom. The highest BCUT2D eigenvalue weighted by atomic mass is 35.5. The van der Waals surface area contributed by atoms with Gasteiger partial charge in [-0.15, -0.1) is 0 Å². The Kier molecular flexibility index (Phi) is 3.91. The number of esters is 2. The number of ether oxygens (including phenoxy) is 2. The molecule has 0 amide bonds. The van der Waals surface area contributed by atoms with Gasteiger partial charge in [0, 0.05) is 11.3 Å². The SMILES string of the molecule is COC(=O)C1=CC(C)(C(=O)OC)Nc2ccc(F)c(Cl)c21. The van der Waals surface area contributed by atoms with Crippen molar-refractivity contribution in [3.05, 3.63) is 34.6 Å². The van der Waals surface area contributed by atoms with Crippen molar-refractivity contribution >= 4 is 34.8 Å². The van der Waals surface area contributed by atoms with Gasteiger partial charge in [-0.3, -0.25) is 0 Å². The highest BCUT2D eigenvalue weighted by molar-refractivity contribution is 6.36. The zero-order valence-electron chi connectivity index (χ0n) is 11.6. The van der Waals surface area contributed by atoms with Gasteiger partial charge in [0.25, 0.3) is 0 Å². The molecule has 1 heterocycles. The van der Waals surface area contributed by atoms with Crippen LogP contribution in [0.1, 0.15) is 12.5 Å². The van der Waals surface area contributed by atoms with Crippen LogP contribution < -0.4 is 5.32 Å². The Morgan fingerprint density at radius 3 is 2.52 bits per heavy atom. The van der Waals surface area contributed by atoms with E-state index in [0.717, 1.165) is 6.07 Å². The average Bonchev–Trinajstić information content (AvgIpc) is 2.48. The maximum Gasteiger partial charge on any atom is 0.338 e. The van der Waals surface area contributed by atoms with Gasteiger partial charge in [0.1, 0.15) is 5.82 Å². The van der Waals surface area contributed by atoms with Gasteiger partial charge in [-0.2, -0.15) is 0 Å². The summed E-state index contributed by atoms with van der Waals surface area (Å²) in [4.78, 5) is 23.9. The number of benzene rings is 1. The normalized spacial score (nSPS) is 20.0. The minimum atomic E-state index is -1.29. The highest BCUT2D eigenvalue weighted by Crippen LogP contribution is 2.40. The largest absolute Gasteiger partial charge is 0.467 e. The summed E-state index contributed by atoms with van der Waals surface area (Å²) in [6, 6.07) is 2.54. The first-order valence-electron chi connectivity index (χ1n) is 6.00. The van der Waals surface area contributed by atoms with E-state index in [0.29, 0.717) is 5.69 Å². The summed E-state index contributed by atoms with van der Waals surface area (Å²) in [5, 5.41) is 2.67. The van der Waals surface area contributed by atoms with E-state index in [-0.39, 0.29) is 16.2 Å².